The number of carbonyl (C=O) groups excluding carboxylic acids is 3. The van der Waals surface area contributed by atoms with Crippen molar-refractivity contribution >= 4 is 58.1 Å². The minimum Gasteiger partial charge on any atom is -0.382 e. The maximum absolute atomic E-state index is 12.7. The molecule has 2 N–H and O–H groups in total. The van der Waals surface area contributed by atoms with Crippen LogP contribution in [0.1, 0.15) is 0 Å². The van der Waals surface area contributed by atoms with E-state index in [9.17, 15) is 14.4 Å². The molecule has 2 aromatic carbocycles. The Morgan fingerprint density at radius 2 is 1.59 bits per heavy atom. The minimum atomic E-state index is -0.307. The Hall–Kier alpha value is -3.05. The topological polar surface area (TPSA) is 103 Å². The predicted molar refractivity (Wildman–Crippen MR) is 145 cm³/mol. The number of rotatable bonds is 10. The largest absolute Gasteiger partial charge is 0.382 e. The van der Waals surface area contributed by atoms with E-state index in [2.05, 4.69) is 15.5 Å². The molecule has 1 aliphatic heterocycles. The van der Waals surface area contributed by atoms with E-state index in [1.807, 2.05) is 12.1 Å². The number of piperazine rings is 1. The Bertz CT molecular complexity index is 1060. The highest BCUT2D eigenvalue weighted by atomic mass is 35.5. The molecule has 0 aliphatic carbocycles. The first-order valence-corrected chi connectivity index (χ1v) is 12.5. The number of nitrogens with one attached hydrogen (secondary N) is 2. The average Bonchev–Trinajstić information content (AvgIpc) is 2.89. The van der Waals surface area contributed by atoms with Crippen LogP contribution in [0.5, 0.6) is 0 Å². The molecule has 10 nitrogen and oxygen atoms in total. The van der Waals surface area contributed by atoms with Crippen LogP contribution in [-0.2, 0) is 19.1 Å². The van der Waals surface area contributed by atoms with E-state index in [1.54, 1.807) is 49.4 Å². The van der Waals surface area contributed by atoms with E-state index < -0.39 is 0 Å². The van der Waals surface area contributed by atoms with Gasteiger partial charge in [-0.1, -0.05) is 29.3 Å². The molecule has 0 saturated carbocycles. The molecule has 37 heavy (non-hydrogen) atoms. The van der Waals surface area contributed by atoms with Gasteiger partial charge in [0.1, 0.15) is 6.61 Å². The quantitative estimate of drug-likeness (QED) is 0.438. The number of benzene rings is 2. The molecule has 0 radical (unpaired) electrons. The molecule has 4 amide bonds. The van der Waals surface area contributed by atoms with Gasteiger partial charge in [-0.05, 0) is 36.4 Å². The Morgan fingerprint density at radius 1 is 0.946 bits per heavy atom. The van der Waals surface area contributed by atoms with Crippen molar-refractivity contribution in [3.63, 3.8) is 0 Å². The molecule has 12 heteroatoms. The summed E-state index contributed by atoms with van der Waals surface area (Å²) in [7, 11) is 3.10. The monoisotopic (exact) mass is 551 g/mol. The number of methoxy groups -OCH3 is 1. The van der Waals surface area contributed by atoms with Crippen LogP contribution < -0.4 is 15.5 Å². The van der Waals surface area contributed by atoms with Gasteiger partial charge in [0.05, 0.1) is 35.5 Å². The van der Waals surface area contributed by atoms with Crippen LogP contribution in [-0.4, -0.2) is 94.3 Å². The average molecular weight is 552 g/mol. The fraction of sp³-hybridized carbons (Fsp3) is 0.400. The van der Waals surface area contributed by atoms with Crippen LogP contribution in [0.15, 0.2) is 42.5 Å². The fourth-order valence-electron chi connectivity index (χ4n) is 3.64. The van der Waals surface area contributed by atoms with Gasteiger partial charge in [0.2, 0.25) is 11.8 Å². The summed E-state index contributed by atoms with van der Waals surface area (Å²) < 4.78 is 10.1. The van der Waals surface area contributed by atoms with Gasteiger partial charge < -0.3 is 34.8 Å². The molecular weight excluding hydrogens is 521 g/mol. The first kappa shape index (κ1) is 28.5. The number of urea groups is 1. The minimum absolute atomic E-state index is 0.0857. The number of halogens is 2. The standard InChI is InChI=1S/C25H31Cl2N5O5/c1-30(23(34)17-37-15-14-36-2)16-22(33)28-18-6-8-19(9-7-18)31-10-12-32(13-11-31)25(35)29-24-20(26)4-3-5-21(24)27/h3-9H,10-17H2,1-2H3,(H,28,33)(H,29,35). The van der Waals surface area contributed by atoms with Gasteiger partial charge in [-0.15, -0.1) is 0 Å². The molecule has 3 rings (SSSR count). The molecule has 1 fully saturated rings. The van der Waals surface area contributed by atoms with Crippen molar-refractivity contribution in [3.8, 4) is 0 Å². The first-order chi connectivity index (χ1) is 17.8. The van der Waals surface area contributed by atoms with Crippen molar-refractivity contribution in [2.24, 2.45) is 0 Å². The number of carbonyl (C=O) groups is 3. The number of amides is 4. The van der Waals surface area contributed by atoms with Gasteiger partial charge in [0, 0.05) is 51.7 Å². The molecule has 0 unspecified atom stereocenters. The number of likely N-dealkylation sites (N-methyl/N-ethyl adjacent to an activating group) is 1. The first-order valence-electron chi connectivity index (χ1n) is 11.7. The Kier molecular flexibility index (Phi) is 10.8. The molecule has 0 bridgehead atoms. The van der Waals surface area contributed by atoms with Crippen molar-refractivity contribution in [1.82, 2.24) is 9.80 Å². The SMILES string of the molecule is COCCOCC(=O)N(C)CC(=O)Nc1ccc(N2CCN(C(=O)Nc3c(Cl)cccc3Cl)CC2)cc1. The molecule has 1 aliphatic rings. The molecular formula is C25H31Cl2N5O5. The zero-order valence-electron chi connectivity index (χ0n) is 20.8. The van der Waals surface area contributed by atoms with E-state index in [-0.39, 0.29) is 31.0 Å². The maximum Gasteiger partial charge on any atom is 0.322 e. The molecule has 0 atom stereocenters. The second-order valence-corrected chi connectivity index (χ2v) is 9.21. The Morgan fingerprint density at radius 3 is 2.22 bits per heavy atom. The van der Waals surface area contributed by atoms with Crippen LogP contribution in [0.25, 0.3) is 0 Å². The van der Waals surface area contributed by atoms with Crippen molar-refractivity contribution in [2.45, 2.75) is 0 Å². The van der Waals surface area contributed by atoms with Crippen LogP contribution in [0.4, 0.5) is 21.9 Å². The van der Waals surface area contributed by atoms with Crippen LogP contribution in [0.2, 0.25) is 10.0 Å². The van der Waals surface area contributed by atoms with E-state index in [1.165, 1.54) is 4.90 Å². The fourth-order valence-corrected chi connectivity index (χ4v) is 4.13. The maximum atomic E-state index is 12.7. The smallest absolute Gasteiger partial charge is 0.322 e. The zero-order valence-corrected chi connectivity index (χ0v) is 22.3. The Labute approximate surface area is 226 Å². The number of para-hydroxylation sites is 1. The molecule has 2 aromatic rings. The van der Waals surface area contributed by atoms with Gasteiger partial charge in [-0.2, -0.15) is 0 Å². The van der Waals surface area contributed by atoms with Crippen molar-refractivity contribution < 1.29 is 23.9 Å². The summed E-state index contributed by atoms with van der Waals surface area (Å²) in [5.74, 6) is -0.594. The van der Waals surface area contributed by atoms with E-state index in [4.69, 9.17) is 32.7 Å². The van der Waals surface area contributed by atoms with Crippen molar-refractivity contribution in [2.75, 3.05) is 82.2 Å². The van der Waals surface area contributed by atoms with Crippen LogP contribution >= 0.6 is 23.2 Å². The summed E-state index contributed by atoms with van der Waals surface area (Å²) in [5, 5.41) is 6.36. The normalized spacial score (nSPS) is 13.3. The molecule has 1 heterocycles. The lowest BCUT2D eigenvalue weighted by atomic mass is 10.2. The highest BCUT2D eigenvalue weighted by molar-refractivity contribution is 6.39. The Balaban J connectivity index is 1.43. The van der Waals surface area contributed by atoms with Crippen molar-refractivity contribution in [1.29, 1.82) is 0 Å². The number of anilines is 3. The lowest BCUT2D eigenvalue weighted by molar-refractivity contribution is -0.137. The number of ether oxygens (including phenoxy) is 2. The van der Waals surface area contributed by atoms with Crippen LogP contribution in [0.3, 0.4) is 0 Å². The summed E-state index contributed by atoms with van der Waals surface area (Å²) in [4.78, 5) is 42.2. The van der Waals surface area contributed by atoms with Gasteiger partial charge in [-0.25, -0.2) is 4.79 Å². The summed E-state index contributed by atoms with van der Waals surface area (Å²) in [6, 6.07) is 12.2. The van der Waals surface area contributed by atoms with Gasteiger partial charge >= 0.3 is 6.03 Å². The third-order valence-electron chi connectivity index (χ3n) is 5.74. The number of hydrogen-bond acceptors (Lipinski definition) is 6. The highest BCUT2D eigenvalue weighted by Gasteiger charge is 2.22. The summed E-state index contributed by atoms with van der Waals surface area (Å²) >= 11 is 12.3. The lowest BCUT2D eigenvalue weighted by Crippen LogP contribution is -2.50. The lowest BCUT2D eigenvalue weighted by Gasteiger charge is -2.36. The van der Waals surface area contributed by atoms with Gasteiger partial charge in [-0.3, -0.25) is 9.59 Å². The molecule has 0 aromatic heterocycles. The third-order valence-corrected chi connectivity index (χ3v) is 6.37. The van der Waals surface area contributed by atoms with Crippen molar-refractivity contribution in [3.05, 3.63) is 52.5 Å². The van der Waals surface area contributed by atoms with E-state index in [0.717, 1.165) is 5.69 Å². The molecule has 0 spiro atoms. The van der Waals surface area contributed by atoms with Gasteiger partial charge in [0.15, 0.2) is 0 Å². The number of hydrogen-bond donors (Lipinski definition) is 2. The third kappa shape index (κ3) is 8.50. The highest BCUT2D eigenvalue weighted by Crippen LogP contribution is 2.30. The summed E-state index contributed by atoms with van der Waals surface area (Å²) in [6.07, 6.45) is 0. The predicted octanol–water partition coefficient (Wildman–Crippen LogP) is 3.41. The molecule has 1 saturated heterocycles. The molecule has 200 valence electrons. The second kappa shape index (κ2) is 14.0. The van der Waals surface area contributed by atoms with Gasteiger partial charge in [0.25, 0.3) is 0 Å². The summed E-state index contributed by atoms with van der Waals surface area (Å²) in [5.41, 5.74) is 2.01. The zero-order chi connectivity index (χ0) is 26.8. The number of nitrogens with zero attached hydrogens (tertiary/aromatic N) is 3. The summed E-state index contributed by atoms with van der Waals surface area (Å²) in [6.45, 7) is 2.88. The van der Waals surface area contributed by atoms with Crippen LogP contribution in [0, 0.1) is 0 Å². The second-order valence-electron chi connectivity index (χ2n) is 8.39. The van der Waals surface area contributed by atoms with E-state index in [0.29, 0.717) is 60.8 Å². The van der Waals surface area contributed by atoms with E-state index >= 15 is 0 Å².